The van der Waals surface area contributed by atoms with Crippen molar-refractivity contribution in [3.63, 3.8) is 0 Å². The minimum atomic E-state index is -4.90. The summed E-state index contributed by atoms with van der Waals surface area (Å²) in [5, 5.41) is 23.1. The van der Waals surface area contributed by atoms with Crippen LogP contribution in [-0.4, -0.2) is 38.1 Å². The molecule has 0 aliphatic carbocycles. The number of amides is 1. The van der Waals surface area contributed by atoms with Gasteiger partial charge in [0.25, 0.3) is 5.91 Å². The zero-order valence-corrected chi connectivity index (χ0v) is 14.7. The largest absolute Gasteiger partial charge is 0.505 e. The third-order valence-corrected chi connectivity index (χ3v) is 3.82. The number of halogens is 3. The lowest BCUT2D eigenvalue weighted by molar-refractivity contribution is -0.143. The number of alkyl halides is 3. The Morgan fingerprint density at radius 2 is 1.96 bits per heavy atom. The molecule has 146 valence electrons. The Morgan fingerprint density at radius 1 is 1.21 bits per heavy atom. The maximum atomic E-state index is 13.7. The number of hydrogen-bond donors (Lipinski definition) is 2. The highest BCUT2D eigenvalue weighted by atomic mass is 19.4. The van der Waals surface area contributed by atoms with E-state index in [9.17, 15) is 23.1 Å². The molecule has 8 nitrogen and oxygen atoms in total. The fourth-order valence-corrected chi connectivity index (χ4v) is 2.45. The van der Waals surface area contributed by atoms with Gasteiger partial charge < -0.3 is 15.2 Å². The second-order valence-corrected chi connectivity index (χ2v) is 5.68. The lowest BCUT2D eigenvalue weighted by Crippen LogP contribution is -2.21. The van der Waals surface area contributed by atoms with Crippen molar-refractivity contribution in [1.29, 1.82) is 0 Å². The molecular formula is C17H14F3N5O3. The van der Waals surface area contributed by atoms with Gasteiger partial charge in [-0.1, -0.05) is 12.1 Å². The number of carbonyl (C=O) groups is 1. The van der Waals surface area contributed by atoms with E-state index in [0.29, 0.717) is 10.2 Å². The average Bonchev–Trinajstić information content (AvgIpc) is 3.11. The number of nitrogens with zero attached hydrogens (tertiary/aromatic N) is 4. The number of phenolic OH excluding ortho intramolecular Hbond substituents is 1. The van der Waals surface area contributed by atoms with Gasteiger partial charge in [-0.05, 0) is 24.6 Å². The summed E-state index contributed by atoms with van der Waals surface area (Å²) >= 11 is 0. The number of para-hydroxylation sites is 1. The van der Waals surface area contributed by atoms with E-state index in [0.717, 1.165) is 6.20 Å². The van der Waals surface area contributed by atoms with Crippen LogP contribution in [0, 0.1) is 6.92 Å². The van der Waals surface area contributed by atoms with Crippen LogP contribution < -0.4 is 10.1 Å². The number of anilines is 1. The van der Waals surface area contributed by atoms with Gasteiger partial charge in [0.15, 0.2) is 11.5 Å². The predicted octanol–water partition coefficient (Wildman–Crippen LogP) is 2.96. The second-order valence-electron chi connectivity index (χ2n) is 5.68. The summed E-state index contributed by atoms with van der Waals surface area (Å²) < 4.78 is 46.2. The maximum absolute atomic E-state index is 13.7. The molecule has 0 saturated heterocycles. The Bertz CT molecular complexity index is 1020. The number of aryl methyl sites for hydroxylation is 1. The molecule has 3 rings (SSSR count). The molecule has 0 spiro atoms. The summed E-state index contributed by atoms with van der Waals surface area (Å²) in [7, 11) is 1.34. The molecule has 0 radical (unpaired) electrons. The molecule has 28 heavy (non-hydrogen) atoms. The summed E-state index contributed by atoms with van der Waals surface area (Å²) in [6.45, 7) is 1.59. The number of nitrogens with one attached hydrogen (secondary N) is 1. The van der Waals surface area contributed by atoms with Gasteiger partial charge in [-0.25, -0.2) is 4.68 Å². The van der Waals surface area contributed by atoms with E-state index in [2.05, 4.69) is 20.6 Å². The van der Waals surface area contributed by atoms with Gasteiger partial charge in [0.05, 0.1) is 24.6 Å². The van der Waals surface area contributed by atoms with E-state index < -0.39 is 23.3 Å². The number of ether oxygens (including phenoxy) is 1. The molecule has 0 aliphatic rings. The van der Waals surface area contributed by atoms with E-state index in [1.165, 1.54) is 25.3 Å². The Labute approximate surface area is 156 Å². The summed E-state index contributed by atoms with van der Waals surface area (Å²) in [6.07, 6.45) is -4.13. The Balaban J connectivity index is 2.02. The standard InChI is InChI=1S/C17H14F3N5O3/c1-9-4-3-5-11(14(9)26)22-16(27)10-8-21-25(15(10)17(18,19)20)12-6-7-13(28-2)24-23-12/h3-8,26H,1-2H3,(H,22,27). The monoisotopic (exact) mass is 393 g/mol. The highest BCUT2D eigenvalue weighted by Crippen LogP contribution is 2.34. The molecule has 0 fully saturated rings. The quantitative estimate of drug-likeness (QED) is 0.661. The lowest BCUT2D eigenvalue weighted by Gasteiger charge is -2.13. The Kier molecular flexibility index (Phi) is 4.91. The van der Waals surface area contributed by atoms with Gasteiger partial charge in [-0.3, -0.25) is 4.79 Å². The first-order valence-electron chi connectivity index (χ1n) is 7.85. The minimum Gasteiger partial charge on any atom is -0.505 e. The van der Waals surface area contributed by atoms with Crippen molar-refractivity contribution >= 4 is 11.6 Å². The molecule has 1 aromatic carbocycles. The molecule has 0 bridgehead atoms. The van der Waals surface area contributed by atoms with Crippen molar-refractivity contribution in [2.24, 2.45) is 0 Å². The number of hydrogen-bond acceptors (Lipinski definition) is 6. The summed E-state index contributed by atoms with van der Waals surface area (Å²) in [6, 6.07) is 7.04. The van der Waals surface area contributed by atoms with Gasteiger partial charge >= 0.3 is 6.18 Å². The summed E-state index contributed by atoms with van der Waals surface area (Å²) in [5.74, 6) is -1.46. The van der Waals surface area contributed by atoms with Crippen molar-refractivity contribution in [3.05, 3.63) is 53.3 Å². The van der Waals surface area contributed by atoms with Crippen LogP contribution >= 0.6 is 0 Å². The first-order chi connectivity index (χ1) is 13.2. The van der Waals surface area contributed by atoms with Crippen LogP contribution in [0.4, 0.5) is 18.9 Å². The zero-order valence-electron chi connectivity index (χ0n) is 14.7. The highest BCUT2D eigenvalue weighted by molar-refractivity contribution is 6.06. The molecule has 2 heterocycles. The van der Waals surface area contributed by atoms with Gasteiger partial charge in [0.2, 0.25) is 5.88 Å². The SMILES string of the molecule is COc1ccc(-n2ncc(C(=O)Nc3cccc(C)c3O)c2C(F)(F)F)nn1. The molecule has 11 heteroatoms. The number of methoxy groups -OCH3 is 1. The Morgan fingerprint density at radius 3 is 2.57 bits per heavy atom. The van der Waals surface area contributed by atoms with Crippen molar-refractivity contribution in [1.82, 2.24) is 20.0 Å². The molecule has 0 aliphatic heterocycles. The Hall–Kier alpha value is -3.63. The molecule has 3 aromatic rings. The molecule has 0 atom stereocenters. The molecular weight excluding hydrogens is 379 g/mol. The van der Waals surface area contributed by atoms with Crippen LogP contribution in [0.2, 0.25) is 0 Å². The van der Waals surface area contributed by atoms with E-state index >= 15 is 0 Å². The molecule has 1 amide bonds. The number of aromatic nitrogens is 4. The molecule has 2 N–H and O–H groups in total. The average molecular weight is 393 g/mol. The summed E-state index contributed by atoms with van der Waals surface area (Å²) in [5.41, 5.74) is -1.62. The smallest absolute Gasteiger partial charge is 0.434 e. The molecule has 0 saturated carbocycles. The fraction of sp³-hybridized carbons (Fsp3) is 0.176. The third kappa shape index (κ3) is 3.59. The minimum absolute atomic E-state index is 0.0184. The van der Waals surface area contributed by atoms with Gasteiger partial charge in [0, 0.05) is 6.07 Å². The first-order valence-corrected chi connectivity index (χ1v) is 7.85. The van der Waals surface area contributed by atoms with Crippen LogP contribution in [0.15, 0.2) is 36.5 Å². The first kappa shape index (κ1) is 19.1. The van der Waals surface area contributed by atoms with E-state index in [1.807, 2.05) is 0 Å². The van der Waals surface area contributed by atoms with Crippen molar-refractivity contribution < 1.29 is 27.8 Å². The molecule has 0 unspecified atom stereocenters. The van der Waals surface area contributed by atoms with Crippen molar-refractivity contribution in [3.8, 4) is 17.4 Å². The van der Waals surface area contributed by atoms with Crippen LogP contribution in [0.25, 0.3) is 5.82 Å². The number of aromatic hydroxyl groups is 1. The summed E-state index contributed by atoms with van der Waals surface area (Å²) in [4.78, 5) is 12.5. The molecule has 2 aromatic heterocycles. The van der Waals surface area contributed by atoms with Gasteiger partial charge in [-0.15, -0.1) is 10.2 Å². The number of carbonyl (C=O) groups excluding carboxylic acids is 1. The third-order valence-electron chi connectivity index (χ3n) is 3.82. The van der Waals surface area contributed by atoms with Crippen LogP contribution in [0.5, 0.6) is 11.6 Å². The van der Waals surface area contributed by atoms with Crippen molar-refractivity contribution in [2.45, 2.75) is 13.1 Å². The zero-order chi connectivity index (χ0) is 20.5. The number of rotatable bonds is 4. The van der Waals surface area contributed by atoms with Crippen LogP contribution in [0.1, 0.15) is 21.6 Å². The fourth-order valence-electron chi connectivity index (χ4n) is 2.45. The second kappa shape index (κ2) is 7.18. The number of benzene rings is 1. The van der Waals surface area contributed by atoms with E-state index in [1.54, 1.807) is 19.1 Å². The maximum Gasteiger partial charge on any atom is 0.434 e. The van der Waals surface area contributed by atoms with E-state index in [-0.39, 0.29) is 23.1 Å². The highest BCUT2D eigenvalue weighted by Gasteiger charge is 2.41. The van der Waals surface area contributed by atoms with Gasteiger partial charge in [-0.2, -0.15) is 18.3 Å². The predicted molar refractivity (Wildman–Crippen MR) is 91.5 cm³/mol. The number of phenols is 1. The van der Waals surface area contributed by atoms with Crippen molar-refractivity contribution in [2.75, 3.05) is 12.4 Å². The lowest BCUT2D eigenvalue weighted by atomic mass is 10.1. The van der Waals surface area contributed by atoms with Gasteiger partial charge in [0.1, 0.15) is 5.75 Å². The van der Waals surface area contributed by atoms with E-state index in [4.69, 9.17) is 4.74 Å². The normalized spacial score (nSPS) is 11.3. The van der Waals surface area contributed by atoms with Crippen LogP contribution in [-0.2, 0) is 6.18 Å². The topological polar surface area (TPSA) is 102 Å². The van der Waals surface area contributed by atoms with Crippen LogP contribution in [0.3, 0.4) is 0 Å².